The Bertz CT molecular complexity index is 565. The van der Waals surface area contributed by atoms with Crippen LogP contribution in [0.1, 0.15) is 24.0 Å². The van der Waals surface area contributed by atoms with Gasteiger partial charge >= 0.3 is 0 Å². The van der Waals surface area contributed by atoms with Crippen LogP contribution < -0.4 is 10.6 Å². The third-order valence-electron chi connectivity index (χ3n) is 3.26. The minimum Gasteiger partial charge on any atom is -0.387 e. The highest BCUT2D eigenvalue weighted by Crippen LogP contribution is 2.20. The summed E-state index contributed by atoms with van der Waals surface area (Å²) >= 11 is 0. The summed E-state index contributed by atoms with van der Waals surface area (Å²) in [5, 5.41) is 14.8. The number of carbonyl (C=O) groups is 1. The normalized spacial score (nSPS) is 14.7. The van der Waals surface area contributed by atoms with Crippen molar-refractivity contribution in [2.24, 2.45) is 0 Å². The molecule has 0 aromatic heterocycles. The number of hydrogen-bond acceptors (Lipinski definition) is 3. The maximum atomic E-state index is 12.0. The maximum Gasteiger partial charge on any atom is 0.267 e. The first kappa shape index (κ1) is 13.2. The van der Waals surface area contributed by atoms with Gasteiger partial charge in [-0.2, -0.15) is 5.26 Å². The first-order valence-corrected chi connectivity index (χ1v) is 6.35. The molecule has 2 rings (SSSR count). The van der Waals surface area contributed by atoms with E-state index >= 15 is 0 Å². The molecule has 1 aliphatic rings. The van der Waals surface area contributed by atoms with E-state index in [1.54, 1.807) is 0 Å². The lowest BCUT2D eigenvalue weighted by atomic mass is 10.1. The molecule has 4 heteroatoms. The number of carbonyl (C=O) groups excluding carboxylic acids is 1. The van der Waals surface area contributed by atoms with Gasteiger partial charge in [0.2, 0.25) is 0 Å². The molecule has 0 aliphatic heterocycles. The Hall–Kier alpha value is -2.28. The average Bonchev–Trinajstić information content (AvgIpc) is 3.20. The van der Waals surface area contributed by atoms with Crippen molar-refractivity contribution in [2.45, 2.75) is 32.7 Å². The third kappa shape index (κ3) is 3.35. The van der Waals surface area contributed by atoms with E-state index in [-0.39, 0.29) is 11.5 Å². The molecule has 19 heavy (non-hydrogen) atoms. The highest BCUT2D eigenvalue weighted by atomic mass is 16.1. The standard InChI is InChI=1S/C15H17N3O/c1-10-4-3-5-14(11(10)2)18-15(19)12(8-16)9-17-13-6-7-13/h3-5,9,13,17H,6-7H2,1-2H3,(H,18,19)/b12-9-. The zero-order chi connectivity index (χ0) is 13.8. The van der Waals surface area contributed by atoms with Gasteiger partial charge < -0.3 is 10.6 Å². The Morgan fingerprint density at radius 2 is 2.16 bits per heavy atom. The number of nitrogens with one attached hydrogen (secondary N) is 2. The van der Waals surface area contributed by atoms with Gasteiger partial charge in [0.05, 0.1) is 0 Å². The van der Waals surface area contributed by atoms with E-state index < -0.39 is 0 Å². The van der Waals surface area contributed by atoms with Gasteiger partial charge in [-0.3, -0.25) is 4.79 Å². The van der Waals surface area contributed by atoms with Crippen molar-refractivity contribution in [2.75, 3.05) is 5.32 Å². The van der Waals surface area contributed by atoms with Crippen LogP contribution in [0.3, 0.4) is 0 Å². The largest absolute Gasteiger partial charge is 0.387 e. The van der Waals surface area contributed by atoms with E-state index in [1.165, 1.54) is 6.20 Å². The maximum absolute atomic E-state index is 12.0. The lowest BCUT2D eigenvalue weighted by molar-refractivity contribution is -0.112. The molecule has 1 aromatic rings. The van der Waals surface area contributed by atoms with Crippen molar-refractivity contribution < 1.29 is 4.79 Å². The predicted molar refractivity (Wildman–Crippen MR) is 74.4 cm³/mol. The summed E-state index contributed by atoms with van der Waals surface area (Å²) in [6.07, 6.45) is 3.72. The molecule has 2 N–H and O–H groups in total. The van der Waals surface area contributed by atoms with Crippen molar-refractivity contribution in [1.82, 2.24) is 5.32 Å². The van der Waals surface area contributed by atoms with Gasteiger partial charge in [0.15, 0.2) is 0 Å². The van der Waals surface area contributed by atoms with E-state index in [0.717, 1.165) is 29.7 Å². The molecular weight excluding hydrogens is 238 g/mol. The Labute approximate surface area is 113 Å². The summed E-state index contributed by atoms with van der Waals surface area (Å²) < 4.78 is 0. The van der Waals surface area contributed by atoms with E-state index in [2.05, 4.69) is 10.6 Å². The van der Waals surface area contributed by atoms with Crippen molar-refractivity contribution in [3.63, 3.8) is 0 Å². The van der Waals surface area contributed by atoms with Crippen LogP contribution in [-0.4, -0.2) is 11.9 Å². The van der Waals surface area contributed by atoms with E-state index in [4.69, 9.17) is 5.26 Å². The number of nitrogens with zero attached hydrogens (tertiary/aromatic N) is 1. The second-order valence-corrected chi connectivity index (χ2v) is 4.81. The van der Waals surface area contributed by atoms with Gasteiger partial charge in [-0.25, -0.2) is 0 Å². The molecule has 4 nitrogen and oxygen atoms in total. The molecule has 0 heterocycles. The van der Waals surface area contributed by atoms with Crippen molar-refractivity contribution >= 4 is 11.6 Å². The van der Waals surface area contributed by atoms with Gasteiger partial charge in [-0.15, -0.1) is 0 Å². The molecule has 0 bridgehead atoms. The topological polar surface area (TPSA) is 64.9 Å². The molecular formula is C15H17N3O. The summed E-state index contributed by atoms with van der Waals surface area (Å²) in [6.45, 7) is 3.93. The molecule has 0 atom stereocenters. The summed E-state index contributed by atoms with van der Waals surface area (Å²) in [5.41, 5.74) is 2.98. The number of aryl methyl sites for hydroxylation is 1. The molecule has 1 amide bonds. The van der Waals surface area contributed by atoms with Gasteiger partial charge in [-0.1, -0.05) is 12.1 Å². The van der Waals surface area contributed by atoms with Crippen molar-refractivity contribution in [1.29, 1.82) is 5.26 Å². The second-order valence-electron chi connectivity index (χ2n) is 4.81. The fraction of sp³-hybridized carbons (Fsp3) is 0.333. The zero-order valence-electron chi connectivity index (χ0n) is 11.2. The average molecular weight is 255 g/mol. The lowest BCUT2D eigenvalue weighted by Gasteiger charge is -2.09. The molecule has 1 fully saturated rings. The van der Waals surface area contributed by atoms with Gasteiger partial charge in [-0.05, 0) is 43.9 Å². The number of benzene rings is 1. The third-order valence-corrected chi connectivity index (χ3v) is 3.26. The Kier molecular flexibility index (Phi) is 3.86. The fourth-order valence-electron chi connectivity index (χ4n) is 1.68. The van der Waals surface area contributed by atoms with Crippen LogP contribution >= 0.6 is 0 Å². The second kappa shape index (κ2) is 5.57. The minimum atomic E-state index is -0.371. The smallest absolute Gasteiger partial charge is 0.267 e. The molecule has 0 unspecified atom stereocenters. The van der Waals surface area contributed by atoms with Crippen LogP contribution in [-0.2, 0) is 4.79 Å². The molecule has 0 spiro atoms. The van der Waals surface area contributed by atoms with E-state index in [1.807, 2.05) is 38.1 Å². The van der Waals surface area contributed by atoms with Gasteiger partial charge in [0.25, 0.3) is 5.91 Å². The lowest BCUT2D eigenvalue weighted by Crippen LogP contribution is -2.18. The van der Waals surface area contributed by atoms with Crippen molar-refractivity contribution in [3.05, 3.63) is 41.1 Å². The van der Waals surface area contributed by atoms with Crippen molar-refractivity contribution in [3.8, 4) is 6.07 Å². The number of anilines is 1. The number of hydrogen-bond donors (Lipinski definition) is 2. The predicted octanol–water partition coefficient (Wildman–Crippen LogP) is 2.40. The van der Waals surface area contributed by atoms with Crippen LogP contribution in [0.4, 0.5) is 5.69 Å². The Morgan fingerprint density at radius 3 is 2.79 bits per heavy atom. The molecule has 0 saturated heterocycles. The Balaban J connectivity index is 2.08. The molecule has 98 valence electrons. The number of nitriles is 1. The quantitative estimate of drug-likeness (QED) is 0.641. The van der Waals surface area contributed by atoms with Gasteiger partial charge in [0.1, 0.15) is 11.6 Å². The van der Waals surface area contributed by atoms with Crippen LogP contribution in [0.25, 0.3) is 0 Å². The summed E-state index contributed by atoms with van der Waals surface area (Å²) in [4.78, 5) is 12.0. The van der Waals surface area contributed by atoms with Crippen LogP contribution in [0.5, 0.6) is 0 Å². The van der Waals surface area contributed by atoms with Crippen LogP contribution in [0.2, 0.25) is 0 Å². The summed E-state index contributed by atoms with van der Waals surface area (Å²) in [7, 11) is 0. The highest BCUT2D eigenvalue weighted by molar-refractivity contribution is 6.06. The molecule has 1 aliphatic carbocycles. The Morgan fingerprint density at radius 1 is 1.42 bits per heavy atom. The monoisotopic (exact) mass is 255 g/mol. The van der Waals surface area contributed by atoms with Crippen LogP contribution in [0, 0.1) is 25.2 Å². The fourth-order valence-corrected chi connectivity index (χ4v) is 1.68. The number of rotatable bonds is 4. The molecule has 1 saturated carbocycles. The minimum absolute atomic E-state index is 0.104. The first-order chi connectivity index (χ1) is 9.11. The van der Waals surface area contributed by atoms with E-state index in [0.29, 0.717) is 6.04 Å². The molecule has 1 aromatic carbocycles. The van der Waals surface area contributed by atoms with Gasteiger partial charge in [0, 0.05) is 17.9 Å². The highest BCUT2D eigenvalue weighted by Gasteiger charge is 2.20. The SMILES string of the molecule is Cc1cccc(NC(=O)/C(C#N)=C\NC2CC2)c1C. The summed E-state index contributed by atoms with van der Waals surface area (Å²) in [5.74, 6) is -0.371. The van der Waals surface area contributed by atoms with Crippen LogP contribution in [0.15, 0.2) is 30.0 Å². The zero-order valence-corrected chi connectivity index (χ0v) is 11.2. The van der Waals surface area contributed by atoms with E-state index in [9.17, 15) is 4.79 Å². The number of amides is 1. The molecule has 0 radical (unpaired) electrons. The summed E-state index contributed by atoms with van der Waals surface area (Å²) in [6, 6.07) is 8.06. The first-order valence-electron chi connectivity index (χ1n) is 6.35.